The number of amides is 2. The summed E-state index contributed by atoms with van der Waals surface area (Å²) in [5.74, 6) is -2.20. The quantitative estimate of drug-likeness (QED) is 0.590. The molecule has 0 aromatic heterocycles. The number of nitrogens with one attached hydrogen (secondary N) is 2. The highest BCUT2D eigenvalue weighted by molar-refractivity contribution is 6.02. The standard InChI is InChI=1S/C12H16N2O4/c1-3-13-11(17)7-5-6-8(10(16)9(7)15)12(18)14-4-2/h5-6,15-16H,3-4H2,1-2H3,(H,13,17)(H,14,18). The number of aromatic hydroxyl groups is 2. The van der Waals surface area contributed by atoms with Crippen molar-refractivity contribution in [1.82, 2.24) is 10.6 Å². The first-order chi connectivity index (χ1) is 8.52. The smallest absolute Gasteiger partial charge is 0.255 e. The summed E-state index contributed by atoms with van der Waals surface area (Å²) in [6.45, 7) is 4.27. The van der Waals surface area contributed by atoms with Crippen molar-refractivity contribution >= 4 is 11.8 Å². The molecule has 0 aliphatic carbocycles. The minimum Gasteiger partial charge on any atom is -0.504 e. The Morgan fingerprint density at radius 2 is 1.28 bits per heavy atom. The maximum Gasteiger partial charge on any atom is 0.255 e. The summed E-state index contributed by atoms with van der Waals surface area (Å²) >= 11 is 0. The Kier molecular flexibility index (Phi) is 4.53. The lowest BCUT2D eigenvalue weighted by Crippen LogP contribution is -2.24. The van der Waals surface area contributed by atoms with Gasteiger partial charge in [-0.1, -0.05) is 0 Å². The van der Waals surface area contributed by atoms with Crippen LogP contribution in [0.1, 0.15) is 34.6 Å². The lowest BCUT2D eigenvalue weighted by atomic mass is 10.1. The van der Waals surface area contributed by atoms with E-state index in [2.05, 4.69) is 10.6 Å². The van der Waals surface area contributed by atoms with Gasteiger partial charge < -0.3 is 20.8 Å². The van der Waals surface area contributed by atoms with Crippen LogP contribution in [0, 0.1) is 0 Å². The van der Waals surface area contributed by atoms with Crippen LogP contribution in [0.2, 0.25) is 0 Å². The third-order valence-electron chi connectivity index (χ3n) is 2.32. The van der Waals surface area contributed by atoms with Gasteiger partial charge in [0, 0.05) is 13.1 Å². The molecule has 0 heterocycles. The molecule has 2 amide bonds. The monoisotopic (exact) mass is 252 g/mol. The summed E-state index contributed by atoms with van der Waals surface area (Å²) < 4.78 is 0. The Morgan fingerprint density at radius 3 is 1.56 bits per heavy atom. The van der Waals surface area contributed by atoms with Crippen LogP contribution in [-0.2, 0) is 0 Å². The molecule has 98 valence electrons. The van der Waals surface area contributed by atoms with Gasteiger partial charge in [0.1, 0.15) is 0 Å². The molecule has 0 fully saturated rings. The second kappa shape index (κ2) is 5.90. The van der Waals surface area contributed by atoms with Crippen molar-refractivity contribution in [1.29, 1.82) is 0 Å². The van der Waals surface area contributed by atoms with Crippen LogP contribution in [0.25, 0.3) is 0 Å². The third kappa shape index (κ3) is 2.71. The molecule has 18 heavy (non-hydrogen) atoms. The number of phenols is 2. The summed E-state index contributed by atoms with van der Waals surface area (Å²) in [6.07, 6.45) is 0. The predicted octanol–water partition coefficient (Wildman–Crippen LogP) is 0.597. The van der Waals surface area contributed by atoms with E-state index in [0.29, 0.717) is 13.1 Å². The SMILES string of the molecule is CCNC(=O)c1ccc(C(=O)NCC)c(O)c1O. The first kappa shape index (κ1) is 13.8. The molecule has 0 bridgehead atoms. The Balaban J connectivity index is 3.12. The Labute approximate surface area is 105 Å². The van der Waals surface area contributed by atoms with Gasteiger partial charge in [-0.3, -0.25) is 9.59 Å². The second-order valence-electron chi connectivity index (χ2n) is 3.58. The Morgan fingerprint density at radius 1 is 0.944 bits per heavy atom. The first-order valence-electron chi connectivity index (χ1n) is 5.64. The minimum absolute atomic E-state index is 0.0672. The molecule has 0 atom stereocenters. The Hall–Kier alpha value is -2.24. The first-order valence-corrected chi connectivity index (χ1v) is 5.64. The van der Waals surface area contributed by atoms with Gasteiger partial charge in [0.2, 0.25) is 0 Å². The van der Waals surface area contributed by atoms with Crippen LogP contribution in [0.5, 0.6) is 11.5 Å². The summed E-state index contributed by atoms with van der Waals surface area (Å²) in [4.78, 5) is 23.1. The van der Waals surface area contributed by atoms with Gasteiger partial charge in [-0.15, -0.1) is 0 Å². The zero-order valence-electron chi connectivity index (χ0n) is 10.3. The number of carbonyl (C=O) groups excluding carboxylic acids is 2. The average Bonchev–Trinajstić information content (AvgIpc) is 2.33. The molecule has 0 aliphatic heterocycles. The molecule has 0 spiro atoms. The molecule has 4 N–H and O–H groups in total. The minimum atomic E-state index is -0.593. The summed E-state index contributed by atoms with van der Waals surface area (Å²) in [6, 6.07) is 2.59. The van der Waals surface area contributed by atoms with Crippen LogP contribution in [0.15, 0.2) is 12.1 Å². The van der Waals surface area contributed by atoms with Gasteiger partial charge in [0.05, 0.1) is 11.1 Å². The largest absolute Gasteiger partial charge is 0.504 e. The summed E-state index contributed by atoms with van der Waals surface area (Å²) in [5, 5.41) is 24.4. The van der Waals surface area contributed by atoms with Crippen LogP contribution in [-0.4, -0.2) is 35.1 Å². The topological polar surface area (TPSA) is 98.7 Å². The summed E-state index contributed by atoms with van der Waals surface area (Å²) in [7, 11) is 0. The lowest BCUT2D eigenvalue weighted by Gasteiger charge is -2.10. The normalized spacial score (nSPS) is 9.89. The highest BCUT2D eigenvalue weighted by atomic mass is 16.3. The van der Waals surface area contributed by atoms with Crippen LogP contribution in [0.4, 0.5) is 0 Å². The zero-order valence-corrected chi connectivity index (χ0v) is 10.3. The molecular formula is C12H16N2O4. The molecule has 6 heteroatoms. The van der Waals surface area contributed by atoms with Gasteiger partial charge >= 0.3 is 0 Å². The van der Waals surface area contributed by atoms with Crippen LogP contribution >= 0.6 is 0 Å². The van der Waals surface area contributed by atoms with Crippen molar-refractivity contribution in [2.75, 3.05) is 13.1 Å². The van der Waals surface area contributed by atoms with Gasteiger partial charge in [-0.05, 0) is 26.0 Å². The van der Waals surface area contributed by atoms with Gasteiger partial charge in [-0.2, -0.15) is 0 Å². The van der Waals surface area contributed by atoms with E-state index in [4.69, 9.17) is 0 Å². The molecule has 0 aliphatic rings. The number of phenolic OH excluding ortho intramolecular Hbond substituents is 2. The molecule has 1 rings (SSSR count). The maximum absolute atomic E-state index is 11.5. The molecule has 0 saturated heterocycles. The average molecular weight is 252 g/mol. The fraction of sp³-hybridized carbons (Fsp3) is 0.333. The molecule has 0 saturated carbocycles. The number of rotatable bonds is 4. The van der Waals surface area contributed by atoms with E-state index in [1.165, 1.54) is 12.1 Å². The molecule has 1 aromatic rings. The van der Waals surface area contributed by atoms with Crippen molar-refractivity contribution in [2.24, 2.45) is 0 Å². The van der Waals surface area contributed by atoms with Crippen LogP contribution in [0.3, 0.4) is 0 Å². The number of benzene rings is 1. The third-order valence-corrected chi connectivity index (χ3v) is 2.32. The molecule has 6 nitrogen and oxygen atoms in total. The predicted molar refractivity (Wildman–Crippen MR) is 65.8 cm³/mol. The van der Waals surface area contributed by atoms with E-state index in [1.807, 2.05) is 0 Å². The van der Waals surface area contributed by atoms with E-state index in [-0.39, 0.29) is 11.1 Å². The van der Waals surface area contributed by atoms with Crippen LogP contribution < -0.4 is 10.6 Å². The van der Waals surface area contributed by atoms with Crippen molar-refractivity contribution in [3.8, 4) is 11.5 Å². The molecule has 0 unspecified atom stereocenters. The lowest BCUT2D eigenvalue weighted by molar-refractivity contribution is 0.0938. The molecule has 1 aromatic carbocycles. The van der Waals surface area contributed by atoms with E-state index < -0.39 is 23.3 Å². The molecule has 0 radical (unpaired) electrons. The van der Waals surface area contributed by atoms with E-state index >= 15 is 0 Å². The fourth-order valence-electron chi connectivity index (χ4n) is 1.46. The zero-order chi connectivity index (χ0) is 13.7. The van der Waals surface area contributed by atoms with Crippen molar-refractivity contribution in [2.45, 2.75) is 13.8 Å². The number of hydrogen-bond donors (Lipinski definition) is 4. The second-order valence-corrected chi connectivity index (χ2v) is 3.58. The van der Waals surface area contributed by atoms with Gasteiger partial charge in [0.25, 0.3) is 11.8 Å². The highest BCUT2D eigenvalue weighted by Crippen LogP contribution is 2.32. The number of hydrogen-bond acceptors (Lipinski definition) is 4. The van der Waals surface area contributed by atoms with Gasteiger partial charge in [-0.25, -0.2) is 0 Å². The Bertz CT molecular complexity index is 428. The van der Waals surface area contributed by atoms with E-state index in [0.717, 1.165) is 0 Å². The fourth-order valence-corrected chi connectivity index (χ4v) is 1.46. The summed E-state index contributed by atoms with van der Waals surface area (Å²) in [5.41, 5.74) is -0.134. The molecular weight excluding hydrogens is 236 g/mol. The maximum atomic E-state index is 11.5. The van der Waals surface area contributed by atoms with Crippen molar-refractivity contribution in [3.05, 3.63) is 23.3 Å². The highest BCUT2D eigenvalue weighted by Gasteiger charge is 2.20. The van der Waals surface area contributed by atoms with E-state index in [9.17, 15) is 19.8 Å². The van der Waals surface area contributed by atoms with E-state index in [1.54, 1.807) is 13.8 Å². The number of carbonyl (C=O) groups is 2. The van der Waals surface area contributed by atoms with Crippen molar-refractivity contribution in [3.63, 3.8) is 0 Å². The van der Waals surface area contributed by atoms with Gasteiger partial charge in [0.15, 0.2) is 11.5 Å². The van der Waals surface area contributed by atoms with Crippen molar-refractivity contribution < 1.29 is 19.8 Å².